The minimum absolute atomic E-state index is 0.446. The van der Waals surface area contributed by atoms with Crippen LogP contribution in [0.15, 0.2) is 49.8 Å². The molecule has 3 aliphatic rings. The van der Waals surface area contributed by atoms with Gasteiger partial charge in [-0.05, 0) is 128 Å². The van der Waals surface area contributed by atoms with E-state index in [1.807, 2.05) is 0 Å². The van der Waals surface area contributed by atoms with Crippen molar-refractivity contribution in [2.75, 3.05) is 13.7 Å². The first-order valence-electron chi connectivity index (χ1n) is 16.6. The summed E-state index contributed by atoms with van der Waals surface area (Å²) >= 11 is 0. The Balaban J connectivity index is 0.00000116. The molecule has 0 amide bonds. The third-order valence-corrected chi connectivity index (χ3v) is 10.7. The van der Waals surface area contributed by atoms with Crippen molar-refractivity contribution in [2.24, 2.45) is 40.7 Å². The minimum atomic E-state index is 0.446. The van der Waals surface area contributed by atoms with Crippen molar-refractivity contribution in [3.05, 3.63) is 72.1 Å². The number of rotatable bonds is 10. The number of aryl methyl sites for hydroxylation is 1. The molecule has 0 aromatic heterocycles. The molecule has 0 saturated heterocycles. The summed E-state index contributed by atoms with van der Waals surface area (Å²) in [5, 5.41) is 21.0. The molecule has 4 unspecified atom stereocenters. The second kappa shape index (κ2) is 17.6. The van der Waals surface area contributed by atoms with Crippen LogP contribution in [-0.4, -0.2) is 18.8 Å². The van der Waals surface area contributed by atoms with Crippen molar-refractivity contribution < 1.29 is 5.11 Å². The molecule has 4 rings (SSSR count). The lowest BCUT2D eigenvalue weighted by Gasteiger charge is -2.46. The third kappa shape index (κ3) is 9.00. The van der Waals surface area contributed by atoms with Gasteiger partial charge in [-0.1, -0.05) is 65.8 Å². The Hall–Kier alpha value is -2.51. The number of hydrogen-bond acceptors (Lipinski definition) is 4. The summed E-state index contributed by atoms with van der Waals surface area (Å²) in [5.41, 5.74) is 11.4. The maximum atomic E-state index is 10.1. The van der Waals surface area contributed by atoms with E-state index in [0.717, 1.165) is 32.1 Å². The summed E-state index contributed by atoms with van der Waals surface area (Å²) in [6.45, 7) is 22.4. The number of nitrogens with zero attached hydrogens (tertiary/aromatic N) is 1. The molecule has 0 heterocycles. The summed E-state index contributed by atoms with van der Waals surface area (Å²) in [7, 11) is 1.00. The van der Waals surface area contributed by atoms with Gasteiger partial charge in [0, 0.05) is 25.3 Å². The van der Waals surface area contributed by atoms with Gasteiger partial charge in [-0.15, -0.1) is 6.58 Å². The molecule has 3 aliphatic carbocycles. The largest absolute Gasteiger partial charge is 0.405 e. The van der Waals surface area contributed by atoms with E-state index in [0.29, 0.717) is 40.9 Å². The van der Waals surface area contributed by atoms with Gasteiger partial charge < -0.3 is 16.2 Å². The zero-order valence-electron chi connectivity index (χ0n) is 27.6. The van der Waals surface area contributed by atoms with Crippen LogP contribution >= 0.6 is 0 Å². The van der Waals surface area contributed by atoms with E-state index < -0.39 is 0 Å². The van der Waals surface area contributed by atoms with Gasteiger partial charge in [0.15, 0.2) is 0 Å². The van der Waals surface area contributed by atoms with Gasteiger partial charge in [-0.3, -0.25) is 0 Å². The molecule has 0 radical (unpaired) electrons. The number of aliphatic hydroxyl groups is 1. The summed E-state index contributed by atoms with van der Waals surface area (Å²) < 4.78 is 0. The number of nitrogens with one attached hydrogen (secondary N) is 1. The van der Waals surface area contributed by atoms with Gasteiger partial charge in [0.25, 0.3) is 0 Å². The van der Waals surface area contributed by atoms with Crippen molar-refractivity contribution in [3.8, 4) is 6.07 Å². The summed E-state index contributed by atoms with van der Waals surface area (Å²) in [5.74, 6) is 3.61. The Kier molecular flexibility index (Phi) is 14.9. The normalized spacial score (nSPS) is 27.8. The first-order valence-corrected chi connectivity index (χ1v) is 16.6. The summed E-state index contributed by atoms with van der Waals surface area (Å²) in [4.78, 5) is 0. The summed E-state index contributed by atoms with van der Waals surface area (Å²) in [6.07, 6.45) is 18.3. The minimum Gasteiger partial charge on any atom is -0.405 e. The van der Waals surface area contributed by atoms with Gasteiger partial charge in [0.05, 0.1) is 11.6 Å². The van der Waals surface area contributed by atoms with E-state index in [1.54, 1.807) is 0 Å². The molecule has 42 heavy (non-hydrogen) atoms. The Bertz CT molecular complexity index is 1040. The van der Waals surface area contributed by atoms with Gasteiger partial charge in [-0.2, -0.15) is 5.26 Å². The number of hydrogen-bond donors (Lipinski definition) is 3. The van der Waals surface area contributed by atoms with E-state index >= 15 is 0 Å². The van der Waals surface area contributed by atoms with Crippen molar-refractivity contribution >= 4 is 0 Å². The van der Waals surface area contributed by atoms with Gasteiger partial charge in [-0.25, -0.2) is 0 Å². The first kappa shape index (κ1) is 35.7. The van der Waals surface area contributed by atoms with E-state index in [9.17, 15) is 5.26 Å². The highest BCUT2D eigenvalue weighted by Crippen LogP contribution is 2.50. The van der Waals surface area contributed by atoms with Crippen LogP contribution in [0.25, 0.3) is 0 Å². The molecule has 0 spiro atoms. The molecule has 1 aromatic carbocycles. The SMILES string of the molecule is C=CC1CCC(Cc2cc(C3C(CC)CCC(C)C3C(=C)NCC3(C)CCC3)c(CC)cc2C#N)CC1.C=CN.CO. The highest BCUT2D eigenvalue weighted by Gasteiger charge is 2.41. The molecule has 4 heteroatoms. The molecule has 0 aliphatic heterocycles. The second-order valence-electron chi connectivity index (χ2n) is 13.4. The zero-order chi connectivity index (χ0) is 31.3. The molecule has 3 fully saturated rings. The predicted molar refractivity (Wildman–Crippen MR) is 180 cm³/mol. The van der Waals surface area contributed by atoms with Crippen molar-refractivity contribution in [1.82, 2.24) is 5.32 Å². The number of allylic oxidation sites excluding steroid dienone is 2. The average Bonchev–Trinajstić information content (AvgIpc) is 3.00. The third-order valence-electron chi connectivity index (χ3n) is 10.7. The van der Waals surface area contributed by atoms with Crippen LogP contribution in [0, 0.1) is 46.3 Å². The standard InChI is InChI=1S/C35H52N2.C2H5N.CH4O/c1-7-26-12-14-27(15-13-26)19-30-21-32(29(9-3)20-31(30)22-36)34-28(8-2)16-11-24(4)33(34)25(5)37-23-35(6)17-10-18-35;1-2-3;1-2/h7,20-21,24,26-28,33-34,37H,1,5,8-19,23H2,2-4,6H3;2H,1,3H2;2H,1H3. The monoisotopic (exact) mass is 575 g/mol. The zero-order valence-corrected chi connectivity index (χ0v) is 27.6. The number of aliphatic hydroxyl groups excluding tert-OH is 1. The molecule has 234 valence electrons. The number of benzene rings is 1. The smallest absolute Gasteiger partial charge is 0.0994 e. The number of nitrogens with two attached hydrogens (primary N) is 1. The molecule has 1 aromatic rings. The molecule has 4 nitrogen and oxygen atoms in total. The van der Waals surface area contributed by atoms with Crippen molar-refractivity contribution in [1.29, 1.82) is 5.26 Å². The van der Waals surface area contributed by atoms with Crippen molar-refractivity contribution in [2.45, 2.75) is 111 Å². The van der Waals surface area contributed by atoms with Gasteiger partial charge in [0.2, 0.25) is 0 Å². The molecular weight excluding hydrogens is 514 g/mol. The number of nitriles is 1. The maximum Gasteiger partial charge on any atom is 0.0994 e. The molecule has 3 saturated carbocycles. The first-order chi connectivity index (χ1) is 20.2. The topological polar surface area (TPSA) is 82.1 Å². The molecule has 4 N–H and O–H groups in total. The Morgan fingerprint density at radius 3 is 2.24 bits per heavy atom. The molecular formula is C38H61N3O. The van der Waals surface area contributed by atoms with Crippen LogP contribution in [0.2, 0.25) is 0 Å². The average molecular weight is 576 g/mol. The quantitative estimate of drug-likeness (QED) is 0.244. The predicted octanol–water partition coefficient (Wildman–Crippen LogP) is 8.80. The lowest BCUT2D eigenvalue weighted by molar-refractivity contribution is 0.143. The van der Waals surface area contributed by atoms with E-state index in [1.165, 1.54) is 92.8 Å². The molecule has 4 atom stereocenters. The van der Waals surface area contributed by atoms with Crippen LogP contribution in [-0.2, 0) is 12.8 Å². The fourth-order valence-electron chi connectivity index (χ4n) is 7.89. The van der Waals surface area contributed by atoms with Crippen LogP contribution in [0.4, 0.5) is 0 Å². The highest BCUT2D eigenvalue weighted by molar-refractivity contribution is 5.47. The van der Waals surface area contributed by atoms with Crippen molar-refractivity contribution in [3.63, 3.8) is 0 Å². The Morgan fingerprint density at radius 2 is 1.74 bits per heavy atom. The van der Waals surface area contributed by atoms with E-state index in [4.69, 9.17) is 5.11 Å². The fourth-order valence-corrected chi connectivity index (χ4v) is 7.89. The Morgan fingerprint density at radius 1 is 1.10 bits per heavy atom. The van der Waals surface area contributed by atoms with Gasteiger partial charge >= 0.3 is 0 Å². The van der Waals surface area contributed by atoms with Crippen LogP contribution in [0.1, 0.15) is 120 Å². The lowest BCUT2D eigenvalue weighted by atomic mass is 9.61. The van der Waals surface area contributed by atoms with E-state index in [-0.39, 0.29) is 0 Å². The van der Waals surface area contributed by atoms with Crippen LogP contribution < -0.4 is 11.1 Å². The van der Waals surface area contributed by atoms with Crippen LogP contribution in [0.3, 0.4) is 0 Å². The Labute approximate surface area is 258 Å². The van der Waals surface area contributed by atoms with E-state index in [2.05, 4.69) is 82.8 Å². The second-order valence-corrected chi connectivity index (χ2v) is 13.4. The highest BCUT2D eigenvalue weighted by atomic mass is 16.2. The maximum absolute atomic E-state index is 10.1. The lowest BCUT2D eigenvalue weighted by Crippen LogP contribution is -2.42. The fraction of sp³-hybridized carbons (Fsp3) is 0.658. The van der Waals surface area contributed by atoms with Crippen LogP contribution in [0.5, 0.6) is 0 Å². The molecule has 0 bridgehead atoms. The summed E-state index contributed by atoms with van der Waals surface area (Å²) in [6, 6.07) is 7.34. The van der Waals surface area contributed by atoms with Gasteiger partial charge in [0.1, 0.15) is 0 Å².